The molecule has 1 aliphatic heterocycles. The van der Waals surface area contributed by atoms with Gasteiger partial charge in [-0.05, 0) is 13.0 Å². The van der Waals surface area contributed by atoms with Gasteiger partial charge in [-0.15, -0.1) is 0 Å². The van der Waals surface area contributed by atoms with Crippen LogP contribution < -0.4 is 4.74 Å². The topological polar surface area (TPSA) is 29.5 Å². The highest BCUT2D eigenvalue weighted by Crippen LogP contribution is 2.37. The molecular weight excluding hydrogens is 195 g/mol. The maximum Gasteiger partial charge on any atom is 0.126 e. The zero-order valence-corrected chi connectivity index (χ0v) is 8.53. The van der Waals surface area contributed by atoms with Gasteiger partial charge in [0.15, 0.2) is 0 Å². The van der Waals surface area contributed by atoms with Gasteiger partial charge in [0.1, 0.15) is 18.2 Å². The van der Waals surface area contributed by atoms with E-state index in [9.17, 15) is 9.50 Å². The van der Waals surface area contributed by atoms with Crippen molar-refractivity contribution in [3.05, 3.63) is 41.7 Å². The molecule has 1 aromatic carbocycles. The summed E-state index contributed by atoms with van der Waals surface area (Å²) in [7, 11) is 0. The Bertz CT molecular complexity index is 401. The Morgan fingerprint density at radius 3 is 3.00 bits per heavy atom. The quantitative estimate of drug-likeness (QED) is 0.717. The normalized spacial score (nSPS) is 24.2. The highest BCUT2D eigenvalue weighted by atomic mass is 19.1. The van der Waals surface area contributed by atoms with Crippen molar-refractivity contribution >= 4 is 0 Å². The summed E-state index contributed by atoms with van der Waals surface area (Å²) in [4.78, 5) is 0. The summed E-state index contributed by atoms with van der Waals surface area (Å²) in [5.41, 5.74) is 1.67. The van der Waals surface area contributed by atoms with E-state index in [2.05, 4.69) is 6.58 Å². The van der Waals surface area contributed by atoms with Gasteiger partial charge in [-0.2, -0.15) is 0 Å². The summed E-state index contributed by atoms with van der Waals surface area (Å²) >= 11 is 0. The van der Waals surface area contributed by atoms with E-state index in [1.807, 2.05) is 6.92 Å². The first-order chi connectivity index (χ1) is 7.09. The van der Waals surface area contributed by atoms with Gasteiger partial charge in [-0.25, -0.2) is 4.39 Å². The molecular formula is C12H13FO2. The van der Waals surface area contributed by atoms with Crippen molar-refractivity contribution in [2.45, 2.75) is 18.9 Å². The number of fused-ring (bicyclic) bond motifs is 1. The molecule has 1 aliphatic rings. The van der Waals surface area contributed by atoms with Gasteiger partial charge in [-0.3, -0.25) is 0 Å². The lowest BCUT2D eigenvalue weighted by Gasteiger charge is -2.30. The van der Waals surface area contributed by atoms with Crippen LogP contribution in [0, 0.1) is 5.82 Å². The molecule has 0 aliphatic carbocycles. The first-order valence-electron chi connectivity index (χ1n) is 4.85. The number of hydrogen-bond acceptors (Lipinski definition) is 2. The number of aliphatic hydroxyl groups is 1. The highest BCUT2D eigenvalue weighted by Gasteiger charge is 2.30. The number of hydrogen-bond donors (Lipinski definition) is 1. The molecule has 0 spiro atoms. The molecule has 15 heavy (non-hydrogen) atoms. The van der Waals surface area contributed by atoms with Gasteiger partial charge in [0.05, 0.1) is 6.10 Å². The summed E-state index contributed by atoms with van der Waals surface area (Å²) < 4.78 is 18.2. The van der Waals surface area contributed by atoms with Crippen LogP contribution in [0.3, 0.4) is 0 Å². The average molecular weight is 208 g/mol. The number of halogens is 1. The Kier molecular flexibility index (Phi) is 2.49. The minimum atomic E-state index is -0.597. The lowest BCUT2D eigenvalue weighted by atomic mass is 9.86. The molecule has 1 aromatic rings. The van der Waals surface area contributed by atoms with Crippen molar-refractivity contribution in [1.82, 2.24) is 0 Å². The lowest BCUT2D eigenvalue weighted by molar-refractivity contribution is 0.0759. The minimum absolute atomic E-state index is 0.158. The van der Waals surface area contributed by atoms with Crippen LogP contribution in [0.4, 0.5) is 4.39 Å². The third kappa shape index (κ3) is 1.75. The van der Waals surface area contributed by atoms with E-state index in [0.717, 1.165) is 11.1 Å². The second kappa shape index (κ2) is 3.66. The number of aliphatic hydroxyl groups excluding tert-OH is 1. The van der Waals surface area contributed by atoms with Crippen LogP contribution >= 0.6 is 0 Å². The lowest BCUT2D eigenvalue weighted by Crippen LogP contribution is -2.31. The minimum Gasteiger partial charge on any atom is -0.490 e. The molecule has 0 aromatic heterocycles. The van der Waals surface area contributed by atoms with Gasteiger partial charge >= 0.3 is 0 Å². The van der Waals surface area contributed by atoms with Crippen molar-refractivity contribution in [3.8, 4) is 5.75 Å². The van der Waals surface area contributed by atoms with Crippen LogP contribution in [-0.2, 0) is 0 Å². The molecule has 2 atom stereocenters. The van der Waals surface area contributed by atoms with Crippen molar-refractivity contribution in [3.63, 3.8) is 0 Å². The fourth-order valence-corrected chi connectivity index (χ4v) is 1.96. The zero-order valence-electron chi connectivity index (χ0n) is 8.53. The van der Waals surface area contributed by atoms with E-state index in [1.165, 1.54) is 12.1 Å². The SMILES string of the molecule is C=C(C)C1c2ccc(F)cc2OCC1O. The van der Waals surface area contributed by atoms with Crippen LogP contribution in [0.2, 0.25) is 0 Å². The molecule has 0 amide bonds. The van der Waals surface area contributed by atoms with E-state index < -0.39 is 6.10 Å². The molecule has 1 heterocycles. The Labute approximate surface area is 88.0 Å². The molecule has 0 radical (unpaired) electrons. The van der Waals surface area contributed by atoms with Crippen molar-refractivity contribution in [2.75, 3.05) is 6.61 Å². The van der Waals surface area contributed by atoms with Crippen LogP contribution in [0.5, 0.6) is 5.75 Å². The zero-order chi connectivity index (χ0) is 11.0. The Hall–Kier alpha value is -1.35. The molecule has 2 rings (SSSR count). The molecule has 3 heteroatoms. The summed E-state index contributed by atoms with van der Waals surface area (Å²) in [5.74, 6) is 0.0215. The van der Waals surface area contributed by atoms with Gasteiger partial charge in [0, 0.05) is 17.5 Å². The molecule has 1 N–H and O–H groups in total. The fraction of sp³-hybridized carbons (Fsp3) is 0.333. The molecule has 0 saturated heterocycles. The van der Waals surface area contributed by atoms with E-state index in [1.54, 1.807) is 6.07 Å². The molecule has 0 bridgehead atoms. The largest absolute Gasteiger partial charge is 0.490 e. The molecule has 2 unspecified atom stereocenters. The van der Waals surface area contributed by atoms with E-state index in [0.29, 0.717) is 5.75 Å². The summed E-state index contributed by atoms with van der Waals surface area (Å²) in [6.07, 6.45) is -0.597. The summed E-state index contributed by atoms with van der Waals surface area (Å²) in [6.45, 7) is 5.88. The van der Waals surface area contributed by atoms with Crippen molar-refractivity contribution in [2.24, 2.45) is 0 Å². The predicted molar refractivity (Wildman–Crippen MR) is 55.5 cm³/mol. The van der Waals surface area contributed by atoms with Crippen molar-refractivity contribution < 1.29 is 14.2 Å². The maximum absolute atomic E-state index is 13.0. The first kappa shape index (κ1) is 10.2. The monoisotopic (exact) mass is 208 g/mol. The second-order valence-corrected chi connectivity index (χ2v) is 3.88. The van der Waals surface area contributed by atoms with Crippen LogP contribution in [-0.4, -0.2) is 17.8 Å². The molecule has 0 fully saturated rings. The Morgan fingerprint density at radius 2 is 2.33 bits per heavy atom. The van der Waals surface area contributed by atoms with E-state index in [-0.39, 0.29) is 18.3 Å². The molecule has 80 valence electrons. The van der Waals surface area contributed by atoms with E-state index >= 15 is 0 Å². The third-order valence-electron chi connectivity index (χ3n) is 2.64. The van der Waals surface area contributed by atoms with Gasteiger partial charge in [-0.1, -0.05) is 18.2 Å². The number of benzene rings is 1. The Morgan fingerprint density at radius 1 is 1.60 bits per heavy atom. The van der Waals surface area contributed by atoms with Crippen LogP contribution in [0.25, 0.3) is 0 Å². The summed E-state index contributed by atoms with van der Waals surface area (Å²) in [5, 5.41) is 9.78. The standard InChI is InChI=1S/C12H13FO2/c1-7(2)12-9-4-3-8(13)5-11(9)15-6-10(12)14/h3-5,10,12,14H,1,6H2,2H3. The second-order valence-electron chi connectivity index (χ2n) is 3.88. The number of rotatable bonds is 1. The highest BCUT2D eigenvalue weighted by molar-refractivity contribution is 5.43. The van der Waals surface area contributed by atoms with Gasteiger partial charge in [0.25, 0.3) is 0 Å². The van der Waals surface area contributed by atoms with Gasteiger partial charge in [0.2, 0.25) is 0 Å². The van der Waals surface area contributed by atoms with E-state index in [4.69, 9.17) is 4.74 Å². The van der Waals surface area contributed by atoms with Crippen molar-refractivity contribution in [1.29, 1.82) is 0 Å². The Balaban J connectivity index is 2.48. The number of ether oxygens (including phenoxy) is 1. The average Bonchev–Trinajstić information content (AvgIpc) is 2.17. The van der Waals surface area contributed by atoms with Crippen LogP contribution in [0.1, 0.15) is 18.4 Å². The maximum atomic E-state index is 13.0. The van der Waals surface area contributed by atoms with Gasteiger partial charge < -0.3 is 9.84 Å². The fourth-order valence-electron chi connectivity index (χ4n) is 1.96. The molecule has 0 saturated carbocycles. The summed E-state index contributed by atoms with van der Waals surface area (Å²) in [6, 6.07) is 4.36. The predicted octanol–water partition coefficient (Wildman–Crippen LogP) is 2.24. The molecule has 2 nitrogen and oxygen atoms in total. The van der Waals surface area contributed by atoms with Crippen LogP contribution in [0.15, 0.2) is 30.4 Å². The smallest absolute Gasteiger partial charge is 0.126 e. The first-order valence-corrected chi connectivity index (χ1v) is 4.85. The third-order valence-corrected chi connectivity index (χ3v) is 2.64.